The Morgan fingerprint density at radius 2 is 2.14 bits per heavy atom. The van der Waals surface area contributed by atoms with Crippen molar-refractivity contribution in [3.05, 3.63) is 40.7 Å². The lowest BCUT2D eigenvalue weighted by molar-refractivity contribution is -0.383. The number of pyridine rings is 1. The predicted octanol–water partition coefficient (Wildman–Crippen LogP) is 2.32. The molecule has 1 aliphatic rings. The number of aromatic nitrogens is 1. The van der Waals surface area contributed by atoms with Crippen molar-refractivity contribution >= 4 is 22.1 Å². The van der Waals surface area contributed by atoms with Crippen molar-refractivity contribution in [2.24, 2.45) is 11.7 Å². The van der Waals surface area contributed by atoms with Crippen molar-refractivity contribution in [1.29, 1.82) is 0 Å². The third kappa shape index (κ3) is 2.54. The Morgan fingerprint density at radius 3 is 2.86 bits per heavy atom. The van der Waals surface area contributed by atoms with Crippen molar-refractivity contribution in [3.63, 3.8) is 0 Å². The number of benzene rings is 1. The predicted molar refractivity (Wildman–Crippen MR) is 82.4 cm³/mol. The zero-order valence-electron chi connectivity index (χ0n) is 11.9. The highest BCUT2D eigenvalue weighted by Gasteiger charge is 2.25. The second-order valence-electron chi connectivity index (χ2n) is 5.79. The number of nitrogens with zero attached hydrogens (tertiary/aromatic N) is 3. The Balaban J connectivity index is 2.11. The first-order valence-electron chi connectivity index (χ1n) is 7.08. The zero-order valence-corrected chi connectivity index (χ0v) is 11.9. The monoisotopic (exact) mass is 286 g/mol. The van der Waals surface area contributed by atoms with Gasteiger partial charge in [0.2, 0.25) is 0 Å². The first-order chi connectivity index (χ1) is 10.1. The quantitative estimate of drug-likeness (QED) is 0.676. The highest BCUT2D eigenvalue weighted by molar-refractivity contribution is 5.99. The standard InChI is InChI=1S/C15H18N4O2/c1-10-6-11(16)9-18(8-10)14-2-3-15(19(20)21)12-4-5-17-7-13(12)14/h2-5,7,10-11H,6,8-9,16H2,1H3. The average molecular weight is 286 g/mol. The molecule has 0 bridgehead atoms. The Kier molecular flexibility index (Phi) is 3.47. The molecule has 0 aliphatic carbocycles. The van der Waals surface area contributed by atoms with Gasteiger partial charge in [-0.2, -0.15) is 0 Å². The molecule has 2 atom stereocenters. The van der Waals surface area contributed by atoms with Crippen LogP contribution < -0.4 is 10.6 Å². The Labute approximate surface area is 122 Å². The van der Waals surface area contributed by atoms with Crippen LogP contribution in [-0.2, 0) is 0 Å². The first-order valence-corrected chi connectivity index (χ1v) is 7.08. The zero-order chi connectivity index (χ0) is 15.0. The molecule has 1 aromatic heterocycles. The van der Waals surface area contributed by atoms with E-state index in [0.29, 0.717) is 11.3 Å². The van der Waals surface area contributed by atoms with Crippen LogP contribution in [0.4, 0.5) is 11.4 Å². The minimum atomic E-state index is -0.351. The largest absolute Gasteiger partial charge is 0.369 e. The maximum Gasteiger partial charge on any atom is 0.277 e. The topological polar surface area (TPSA) is 85.3 Å². The van der Waals surface area contributed by atoms with Gasteiger partial charge >= 0.3 is 0 Å². The molecule has 6 nitrogen and oxygen atoms in total. The summed E-state index contributed by atoms with van der Waals surface area (Å²) in [4.78, 5) is 17.1. The molecule has 2 aromatic rings. The van der Waals surface area contributed by atoms with Gasteiger partial charge in [-0.15, -0.1) is 0 Å². The molecule has 6 heteroatoms. The smallest absolute Gasteiger partial charge is 0.277 e. The van der Waals surface area contributed by atoms with E-state index in [1.165, 1.54) is 0 Å². The number of non-ortho nitro benzene ring substituents is 1. The van der Waals surface area contributed by atoms with Crippen molar-refractivity contribution < 1.29 is 4.92 Å². The minimum absolute atomic E-state index is 0.116. The highest BCUT2D eigenvalue weighted by Crippen LogP contribution is 2.34. The van der Waals surface area contributed by atoms with Crippen LogP contribution in [0.25, 0.3) is 10.8 Å². The van der Waals surface area contributed by atoms with E-state index in [1.54, 1.807) is 24.5 Å². The van der Waals surface area contributed by atoms with Crippen molar-refractivity contribution in [2.75, 3.05) is 18.0 Å². The molecule has 1 fully saturated rings. The van der Waals surface area contributed by atoms with E-state index >= 15 is 0 Å². The van der Waals surface area contributed by atoms with E-state index in [2.05, 4.69) is 16.8 Å². The van der Waals surface area contributed by atoms with Crippen LogP contribution in [0.15, 0.2) is 30.6 Å². The maximum atomic E-state index is 11.2. The molecule has 21 heavy (non-hydrogen) atoms. The SMILES string of the molecule is CC1CC(N)CN(c2ccc([N+](=O)[O-])c3ccncc23)C1. The van der Waals surface area contributed by atoms with Gasteiger partial charge in [-0.1, -0.05) is 6.92 Å². The van der Waals surface area contributed by atoms with Crippen LogP contribution in [0.2, 0.25) is 0 Å². The van der Waals surface area contributed by atoms with Crippen LogP contribution in [0.3, 0.4) is 0 Å². The lowest BCUT2D eigenvalue weighted by Crippen LogP contribution is -2.46. The van der Waals surface area contributed by atoms with Gasteiger partial charge in [0.15, 0.2) is 0 Å². The number of nitro groups is 1. The average Bonchev–Trinajstić information content (AvgIpc) is 2.44. The summed E-state index contributed by atoms with van der Waals surface area (Å²) in [6.07, 6.45) is 4.30. The van der Waals surface area contributed by atoms with E-state index < -0.39 is 0 Å². The molecule has 3 rings (SSSR count). The molecule has 0 saturated carbocycles. The summed E-state index contributed by atoms with van der Waals surface area (Å²) in [6.45, 7) is 3.86. The van der Waals surface area contributed by atoms with Gasteiger partial charge in [0.25, 0.3) is 5.69 Å². The van der Waals surface area contributed by atoms with Crippen molar-refractivity contribution in [1.82, 2.24) is 4.98 Å². The number of rotatable bonds is 2. The van der Waals surface area contributed by atoms with Crippen LogP contribution >= 0.6 is 0 Å². The second kappa shape index (κ2) is 5.29. The number of hydrogen-bond acceptors (Lipinski definition) is 5. The fraction of sp³-hybridized carbons (Fsp3) is 0.400. The number of hydrogen-bond donors (Lipinski definition) is 1. The van der Waals surface area contributed by atoms with Gasteiger partial charge in [-0.05, 0) is 24.5 Å². The number of anilines is 1. The molecule has 0 radical (unpaired) electrons. The van der Waals surface area contributed by atoms with Crippen LogP contribution in [0.1, 0.15) is 13.3 Å². The minimum Gasteiger partial charge on any atom is -0.369 e. The van der Waals surface area contributed by atoms with Crippen LogP contribution in [0, 0.1) is 16.0 Å². The molecule has 0 amide bonds. The van der Waals surface area contributed by atoms with E-state index in [4.69, 9.17) is 5.73 Å². The highest BCUT2D eigenvalue weighted by atomic mass is 16.6. The fourth-order valence-electron chi connectivity index (χ4n) is 3.19. The summed E-state index contributed by atoms with van der Waals surface area (Å²) >= 11 is 0. The third-order valence-electron chi connectivity index (χ3n) is 4.00. The molecule has 2 N–H and O–H groups in total. The molecule has 110 valence electrons. The van der Waals surface area contributed by atoms with Gasteiger partial charge in [-0.3, -0.25) is 15.1 Å². The van der Waals surface area contributed by atoms with Gasteiger partial charge in [-0.25, -0.2) is 0 Å². The van der Waals surface area contributed by atoms with E-state index in [1.807, 2.05) is 6.07 Å². The lowest BCUT2D eigenvalue weighted by atomic mass is 9.95. The molecule has 2 unspecified atom stereocenters. The van der Waals surface area contributed by atoms with Crippen molar-refractivity contribution in [3.8, 4) is 0 Å². The Bertz CT molecular complexity index is 678. The normalized spacial score (nSPS) is 22.5. The van der Waals surface area contributed by atoms with E-state index in [9.17, 15) is 10.1 Å². The maximum absolute atomic E-state index is 11.2. The van der Waals surface area contributed by atoms with Gasteiger partial charge in [0.1, 0.15) is 0 Å². The summed E-state index contributed by atoms with van der Waals surface area (Å²) < 4.78 is 0. The number of piperidine rings is 1. The summed E-state index contributed by atoms with van der Waals surface area (Å²) in [5, 5.41) is 12.6. The van der Waals surface area contributed by atoms with Gasteiger partial charge < -0.3 is 10.6 Å². The van der Waals surface area contributed by atoms with Gasteiger partial charge in [0, 0.05) is 48.7 Å². The van der Waals surface area contributed by atoms with Crippen molar-refractivity contribution in [2.45, 2.75) is 19.4 Å². The third-order valence-corrected chi connectivity index (χ3v) is 4.00. The molecule has 1 aliphatic heterocycles. The molecule has 0 spiro atoms. The molecule has 1 aromatic carbocycles. The first kappa shape index (κ1) is 13.8. The summed E-state index contributed by atoms with van der Waals surface area (Å²) in [7, 11) is 0. The lowest BCUT2D eigenvalue weighted by Gasteiger charge is -2.36. The molecule has 2 heterocycles. The number of fused-ring (bicyclic) bond motifs is 1. The Hall–Kier alpha value is -2.21. The van der Waals surface area contributed by atoms with Crippen LogP contribution in [0.5, 0.6) is 0 Å². The summed E-state index contributed by atoms with van der Waals surface area (Å²) in [5.74, 6) is 0.510. The molecule has 1 saturated heterocycles. The molecular formula is C15H18N4O2. The Morgan fingerprint density at radius 1 is 1.33 bits per heavy atom. The number of nitrogens with two attached hydrogens (primary N) is 1. The van der Waals surface area contributed by atoms with Gasteiger partial charge in [0.05, 0.1) is 10.3 Å². The summed E-state index contributed by atoms with van der Waals surface area (Å²) in [6, 6.07) is 5.22. The van der Waals surface area contributed by atoms with E-state index in [0.717, 1.165) is 30.6 Å². The molecular weight excluding hydrogens is 268 g/mol. The second-order valence-corrected chi connectivity index (χ2v) is 5.79. The summed E-state index contributed by atoms with van der Waals surface area (Å²) in [5.41, 5.74) is 7.20. The van der Waals surface area contributed by atoms with Crippen LogP contribution in [-0.4, -0.2) is 29.0 Å². The fourth-order valence-corrected chi connectivity index (χ4v) is 3.19. The number of nitro benzene ring substituents is 1. The van der Waals surface area contributed by atoms with E-state index in [-0.39, 0.29) is 16.7 Å².